The average molecular weight is 272 g/mol. The molecular formula is C9H8F4O3S. The van der Waals surface area contributed by atoms with Crippen molar-refractivity contribution in [2.75, 3.05) is 0 Å². The largest absolute Gasteiger partial charge is 0.534 e. The van der Waals surface area contributed by atoms with Crippen LogP contribution in [0.5, 0.6) is 5.75 Å². The lowest BCUT2D eigenvalue weighted by molar-refractivity contribution is -0.0500. The molecule has 0 bridgehead atoms. The van der Waals surface area contributed by atoms with Crippen LogP contribution >= 0.6 is 0 Å². The molecule has 0 aliphatic carbocycles. The second-order valence-corrected chi connectivity index (χ2v) is 4.63. The molecule has 96 valence electrons. The van der Waals surface area contributed by atoms with E-state index in [2.05, 4.69) is 4.18 Å². The minimum absolute atomic E-state index is 0.252. The summed E-state index contributed by atoms with van der Waals surface area (Å²) in [6, 6.07) is 2.73. The third-order valence-corrected chi connectivity index (χ3v) is 2.87. The van der Waals surface area contributed by atoms with Crippen molar-refractivity contribution < 1.29 is 30.2 Å². The van der Waals surface area contributed by atoms with Gasteiger partial charge in [0.1, 0.15) is 11.6 Å². The maximum absolute atomic E-state index is 13.2. The highest BCUT2D eigenvalue weighted by Crippen LogP contribution is 2.27. The molecule has 0 fully saturated rings. The molecule has 0 heterocycles. The highest BCUT2D eigenvalue weighted by atomic mass is 32.2. The van der Waals surface area contributed by atoms with Crippen LogP contribution in [0.25, 0.3) is 0 Å². The SMILES string of the molecule is CCc1ccc(OS(=O)(=O)C(F)(F)F)cc1F. The molecular weight excluding hydrogens is 264 g/mol. The molecule has 0 amide bonds. The molecule has 8 heteroatoms. The lowest BCUT2D eigenvalue weighted by Crippen LogP contribution is -2.28. The normalized spacial score (nSPS) is 12.5. The van der Waals surface area contributed by atoms with Gasteiger partial charge < -0.3 is 4.18 Å². The lowest BCUT2D eigenvalue weighted by atomic mass is 10.1. The van der Waals surface area contributed by atoms with Gasteiger partial charge in [-0.3, -0.25) is 0 Å². The van der Waals surface area contributed by atoms with Crippen LogP contribution in [0.1, 0.15) is 12.5 Å². The Morgan fingerprint density at radius 2 is 1.88 bits per heavy atom. The summed E-state index contributed by atoms with van der Waals surface area (Å²) in [6.45, 7) is 1.64. The first kappa shape index (κ1) is 13.8. The molecule has 0 spiro atoms. The summed E-state index contributed by atoms with van der Waals surface area (Å²) in [7, 11) is -5.75. The average Bonchev–Trinajstić information content (AvgIpc) is 2.15. The number of aryl methyl sites for hydroxylation is 1. The molecule has 1 rings (SSSR count). The van der Waals surface area contributed by atoms with Crippen LogP contribution in [0, 0.1) is 5.82 Å². The van der Waals surface area contributed by atoms with Gasteiger partial charge in [-0.15, -0.1) is 0 Å². The van der Waals surface area contributed by atoms with Crippen molar-refractivity contribution in [1.29, 1.82) is 0 Å². The molecule has 3 nitrogen and oxygen atoms in total. The van der Waals surface area contributed by atoms with Gasteiger partial charge in [0, 0.05) is 6.07 Å². The third-order valence-electron chi connectivity index (χ3n) is 1.89. The Labute approximate surface area is 95.1 Å². The summed E-state index contributed by atoms with van der Waals surface area (Å²) < 4.78 is 74.0. The van der Waals surface area contributed by atoms with Crippen molar-refractivity contribution in [3.8, 4) is 5.75 Å². The van der Waals surface area contributed by atoms with Gasteiger partial charge in [-0.2, -0.15) is 21.6 Å². The van der Waals surface area contributed by atoms with Crippen molar-refractivity contribution in [3.63, 3.8) is 0 Å². The first-order chi connectivity index (χ1) is 7.67. The Hall–Kier alpha value is -1.31. The van der Waals surface area contributed by atoms with E-state index in [0.717, 1.165) is 12.1 Å². The standard InChI is InChI=1S/C9H8F4O3S/c1-2-6-3-4-7(5-8(6)10)16-17(14,15)9(11,12)13/h3-5H,2H2,1H3. The number of hydrogen-bond donors (Lipinski definition) is 0. The number of alkyl halides is 3. The maximum atomic E-state index is 13.2. The Morgan fingerprint density at radius 3 is 2.29 bits per heavy atom. The second-order valence-electron chi connectivity index (χ2n) is 3.09. The van der Waals surface area contributed by atoms with Crippen molar-refractivity contribution in [2.45, 2.75) is 18.9 Å². The predicted molar refractivity (Wildman–Crippen MR) is 51.4 cm³/mol. The number of benzene rings is 1. The lowest BCUT2D eigenvalue weighted by Gasteiger charge is -2.10. The Bertz CT molecular complexity index is 507. The fourth-order valence-electron chi connectivity index (χ4n) is 1.04. The molecule has 0 saturated heterocycles. The summed E-state index contributed by atoms with van der Waals surface area (Å²) in [5, 5.41) is 0. The Balaban J connectivity index is 3.02. The summed E-state index contributed by atoms with van der Waals surface area (Å²) in [5.74, 6) is -1.53. The van der Waals surface area contributed by atoms with E-state index in [1.165, 1.54) is 0 Å². The van der Waals surface area contributed by atoms with Gasteiger partial charge in [-0.25, -0.2) is 4.39 Å². The van der Waals surface area contributed by atoms with E-state index < -0.39 is 27.2 Å². The van der Waals surface area contributed by atoms with Gasteiger partial charge in [-0.1, -0.05) is 13.0 Å². The van der Waals surface area contributed by atoms with Crippen LogP contribution in [-0.2, 0) is 16.5 Å². The molecule has 17 heavy (non-hydrogen) atoms. The Morgan fingerprint density at radius 1 is 1.29 bits per heavy atom. The van der Waals surface area contributed by atoms with Gasteiger partial charge in [-0.05, 0) is 18.1 Å². The molecule has 1 aromatic rings. The first-order valence-electron chi connectivity index (χ1n) is 4.46. The van der Waals surface area contributed by atoms with Crippen LogP contribution in [0.2, 0.25) is 0 Å². The number of rotatable bonds is 3. The van der Waals surface area contributed by atoms with Crippen LogP contribution in [0.3, 0.4) is 0 Å². The van der Waals surface area contributed by atoms with Gasteiger partial charge >= 0.3 is 15.6 Å². The molecule has 0 N–H and O–H groups in total. The fourth-order valence-corrected chi connectivity index (χ4v) is 1.49. The van der Waals surface area contributed by atoms with Crippen LogP contribution < -0.4 is 4.18 Å². The highest BCUT2D eigenvalue weighted by Gasteiger charge is 2.48. The van der Waals surface area contributed by atoms with Crippen LogP contribution in [0.15, 0.2) is 18.2 Å². The molecule has 0 aromatic heterocycles. The smallest absolute Gasteiger partial charge is 0.376 e. The molecule has 0 unspecified atom stereocenters. The first-order valence-corrected chi connectivity index (χ1v) is 5.87. The zero-order chi connectivity index (χ0) is 13.3. The molecule has 0 aliphatic rings. The van der Waals surface area contributed by atoms with E-state index in [4.69, 9.17) is 0 Å². The maximum Gasteiger partial charge on any atom is 0.534 e. The van der Waals surface area contributed by atoms with Crippen LogP contribution in [0.4, 0.5) is 17.6 Å². The highest BCUT2D eigenvalue weighted by molar-refractivity contribution is 7.87. The third kappa shape index (κ3) is 3.09. The van der Waals surface area contributed by atoms with Crippen LogP contribution in [-0.4, -0.2) is 13.9 Å². The fraction of sp³-hybridized carbons (Fsp3) is 0.333. The summed E-state index contributed by atoms with van der Waals surface area (Å²) in [6.07, 6.45) is 0.331. The van der Waals surface area contributed by atoms with Gasteiger partial charge in [0.2, 0.25) is 0 Å². The zero-order valence-corrected chi connectivity index (χ0v) is 9.40. The topological polar surface area (TPSA) is 43.4 Å². The van der Waals surface area contributed by atoms with Crippen molar-refractivity contribution >= 4 is 10.1 Å². The van der Waals surface area contributed by atoms with E-state index in [-0.39, 0.29) is 5.56 Å². The molecule has 1 aromatic carbocycles. The van der Waals surface area contributed by atoms with E-state index in [0.29, 0.717) is 12.5 Å². The van der Waals surface area contributed by atoms with Crippen molar-refractivity contribution in [1.82, 2.24) is 0 Å². The van der Waals surface area contributed by atoms with Gasteiger partial charge in [0.05, 0.1) is 0 Å². The Kier molecular flexibility index (Phi) is 3.65. The monoisotopic (exact) mass is 272 g/mol. The van der Waals surface area contributed by atoms with E-state index in [9.17, 15) is 26.0 Å². The summed E-state index contributed by atoms with van der Waals surface area (Å²) >= 11 is 0. The minimum Gasteiger partial charge on any atom is -0.376 e. The summed E-state index contributed by atoms with van der Waals surface area (Å²) in [4.78, 5) is 0. The van der Waals surface area contributed by atoms with Gasteiger partial charge in [0.15, 0.2) is 0 Å². The van der Waals surface area contributed by atoms with E-state index in [1.807, 2.05) is 0 Å². The van der Waals surface area contributed by atoms with E-state index in [1.54, 1.807) is 6.92 Å². The minimum atomic E-state index is -5.75. The van der Waals surface area contributed by atoms with Crippen molar-refractivity contribution in [3.05, 3.63) is 29.6 Å². The number of halogens is 4. The molecule has 0 aliphatic heterocycles. The molecule has 0 atom stereocenters. The quantitative estimate of drug-likeness (QED) is 0.482. The molecule has 0 saturated carbocycles. The molecule has 0 radical (unpaired) electrons. The van der Waals surface area contributed by atoms with Gasteiger partial charge in [0.25, 0.3) is 0 Å². The van der Waals surface area contributed by atoms with E-state index >= 15 is 0 Å². The predicted octanol–water partition coefficient (Wildman–Crippen LogP) is 2.62. The van der Waals surface area contributed by atoms with Crippen molar-refractivity contribution in [2.24, 2.45) is 0 Å². The summed E-state index contributed by atoms with van der Waals surface area (Å²) in [5.41, 5.74) is -5.28. The second kappa shape index (κ2) is 4.52. The zero-order valence-electron chi connectivity index (χ0n) is 8.58. The number of hydrogen-bond acceptors (Lipinski definition) is 3.